The maximum atomic E-state index is 10.0. The molecule has 0 bridgehead atoms. The third-order valence-electron chi connectivity index (χ3n) is 8.66. The zero-order valence-corrected chi connectivity index (χ0v) is 26.0. The first-order chi connectivity index (χ1) is 20.7. The fraction of sp³-hybridized carbons (Fsp3) is 0.429. The number of hydrogen-bond acceptors (Lipinski definition) is 5. The summed E-state index contributed by atoms with van der Waals surface area (Å²) in [4.78, 5) is 2.44. The number of hydrogen-bond donors (Lipinski definition) is 1. The van der Waals surface area contributed by atoms with Gasteiger partial charge in [0.1, 0.15) is 35.7 Å². The van der Waals surface area contributed by atoms with Crippen molar-refractivity contribution >= 4 is 19.5 Å². The lowest BCUT2D eigenvalue weighted by Gasteiger charge is -2.37. The second-order valence-corrected chi connectivity index (χ2v) is 17.4. The van der Waals surface area contributed by atoms with Gasteiger partial charge in [-0.3, -0.25) is 4.90 Å². The van der Waals surface area contributed by atoms with Crippen LogP contribution in [0.25, 0.3) is 11.1 Å². The van der Waals surface area contributed by atoms with Crippen molar-refractivity contribution in [1.82, 2.24) is 4.90 Å². The molecule has 5 nitrogen and oxygen atoms in total. The highest BCUT2D eigenvalue weighted by molar-refractivity contribution is 6.74. The fourth-order valence-electron chi connectivity index (χ4n) is 5.17. The van der Waals surface area contributed by atoms with Crippen LogP contribution in [0.15, 0.2) is 66.7 Å². The molecule has 0 amide bonds. The number of piperidine rings is 1. The molecule has 1 fully saturated rings. The fourth-order valence-corrected chi connectivity index (χ4v) is 6.19. The summed E-state index contributed by atoms with van der Waals surface area (Å²) in [5.74, 6) is 2.02. The van der Waals surface area contributed by atoms with Crippen molar-refractivity contribution in [3.63, 3.8) is 0 Å². The number of allylic oxidation sites excluding steroid dienone is 1. The molecule has 1 N–H and O–H groups in total. The summed E-state index contributed by atoms with van der Waals surface area (Å²) in [6.07, 6.45) is 3.10. The lowest BCUT2D eigenvalue weighted by atomic mass is 9.86. The number of phenols is 1. The number of rotatable bonds is 8. The normalized spacial score (nSPS) is 19.4. The number of nitrogens with zero attached hydrogens (tertiary/aromatic N) is 1. The second-order valence-electron chi connectivity index (χ2n) is 12.7. The van der Waals surface area contributed by atoms with E-state index >= 15 is 0 Å². The van der Waals surface area contributed by atoms with E-state index in [0.717, 1.165) is 30.9 Å². The molecule has 0 saturated carbocycles. The summed E-state index contributed by atoms with van der Waals surface area (Å²) in [7, 11) is -2.15. The molecule has 2 heterocycles. The van der Waals surface area contributed by atoms with Crippen LogP contribution in [0.4, 0.5) is 0 Å². The van der Waals surface area contributed by atoms with Gasteiger partial charge in [0.25, 0.3) is 0 Å². The van der Waals surface area contributed by atoms with Crippen molar-refractivity contribution in [3.8, 4) is 23.0 Å². The van der Waals surface area contributed by atoms with E-state index in [1.165, 1.54) is 19.3 Å². The van der Waals surface area contributed by atoms with Crippen molar-refractivity contribution < 1.29 is 23.1 Å². The zero-order chi connectivity index (χ0) is 31.7. The number of ether oxygens (including phenoxy) is 2. The summed E-state index contributed by atoms with van der Waals surface area (Å²) < 4.78 is 45.2. The highest BCUT2D eigenvalue weighted by Gasteiger charge is 2.39. The second kappa shape index (κ2) is 11.9. The third-order valence-corrected chi connectivity index (χ3v) is 13.0. The Labute approximate surface area is 251 Å². The summed E-state index contributed by atoms with van der Waals surface area (Å²) >= 11 is 0. The lowest BCUT2D eigenvalue weighted by Crippen LogP contribution is -2.43. The Kier molecular flexibility index (Phi) is 7.42. The molecule has 2 aliphatic rings. The average molecular weight is 575 g/mol. The Morgan fingerprint density at radius 1 is 0.951 bits per heavy atom. The van der Waals surface area contributed by atoms with Gasteiger partial charge in [-0.2, -0.15) is 0 Å². The maximum Gasteiger partial charge on any atom is 0.250 e. The van der Waals surface area contributed by atoms with Crippen LogP contribution in [0.3, 0.4) is 0 Å². The highest BCUT2D eigenvalue weighted by atomic mass is 28.4. The zero-order valence-electron chi connectivity index (χ0n) is 28.0. The smallest absolute Gasteiger partial charge is 0.250 e. The molecular weight excluding hydrogens is 526 g/mol. The van der Waals surface area contributed by atoms with Crippen LogP contribution < -0.4 is 13.9 Å². The van der Waals surface area contributed by atoms with Crippen LogP contribution in [0.2, 0.25) is 18.1 Å². The van der Waals surface area contributed by atoms with E-state index < -0.39 is 21.3 Å². The molecule has 2 aliphatic heterocycles. The van der Waals surface area contributed by atoms with Gasteiger partial charge in [-0.05, 0) is 104 Å². The number of fused-ring (bicyclic) bond motifs is 1. The Bertz CT molecular complexity index is 1470. The molecule has 1 atom stereocenters. The molecule has 1 saturated heterocycles. The van der Waals surface area contributed by atoms with Crippen LogP contribution >= 0.6 is 0 Å². The van der Waals surface area contributed by atoms with E-state index in [1.807, 2.05) is 36.4 Å². The Hall–Kier alpha value is -3.22. The quantitative estimate of drug-likeness (QED) is 0.273. The first-order valence-corrected chi connectivity index (χ1v) is 17.6. The molecule has 5 rings (SSSR count). The van der Waals surface area contributed by atoms with Gasteiger partial charge in [-0.1, -0.05) is 51.5 Å². The van der Waals surface area contributed by atoms with Crippen molar-refractivity contribution in [1.29, 1.82) is 0 Å². The Morgan fingerprint density at radius 3 is 2.29 bits per heavy atom. The molecule has 41 heavy (non-hydrogen) atoms. The molecule has 218 valence electrons. The minimum absolute atomic E-state index is 0.000315. The van der Waals surface area contributed by atoms with Crippen molar-refractivity contribution in [2.24, 2.45) is 0 Å². The van der Waals surface area contributed by atoms with Gasteiger partial charge in [-0.25, -0.2) is 0 Å². The van der Waals surface area contributed by atoms with Crippen LogP contribution in [0.5, 0.6) is 23.0 Å². The van der Waals surface area contributed by atoms with Crippen molar-refractivity contribution in [3.05, 3.63) is 83.4 Å². The molecule has 3 aromatic rings. The standard InChI is InChI=1S/C35H45NO4Si/c1-25-31-19-18-30(40-41(5,6)35(2,3)4)24-32(31)39-34(33(25)26-10-14-28(37)15-11-26)27-12-16-29(17-13-27)38-23-22-36-20-8-7-9-21-36/h10-19,24,34,37H,7-9,20-23H2,1-6H3/t34-/m0/s1/i1D3. The van der Waals surface area contributed by atoms with E-state index in [1.54, 1.807) is 30.3 Å². The molecule has 0 radical (unpaired) electrons. The first-order valence-electron chi connectivity index (χ1n) is 16.2. The maximum absolute atomic E-state index is 10.0. The van der Waals surface area contributed by atoms with E-state index in [0.29, 0.717) is 34.8 Å². The van der Waals surface area contributed by atoms with Gasteiger partial charge in [-0.15, -0.1) is 0 Å². The van der Waals surface area contributed by atoms with Crippen LogP contribution in [0.1, 0.15) is 73.8 Å². The van der Waals surface area contributed by atoms with Gasteiger partial charge in [0.05, 0.1) is 0 Å². The molecule has 6 heteroatoms. The molecule has 0 spiro atoms. The number of phenolic OH excluding ortho intramolecular Hbond substituents is 1. The van der Waals surface area contributed by atoms with E-state index in [4.69, 9.17) is 18.0 Å². The topological polar surface area (TPSA) is 51.2 Å². The van der Waals surface area contributed by atoms with E-state index in [-0.39, 0.29) is 16.4 Å². The molecule has 0 unspecified atom stereocenters. The minimum Gasteiger partial charge on any atom is -0.543 e. The van der Waals surface area contributed by atoms with Crippen molar-refractivity contribution in [2.45, 2.75) is 71.1 Å². The van der Waals surface area contributed by atoms with Crippen molar-refractivity contribution in [2.75, 3.05) is 26.2 Å². The van der Waals surface area contributed by atoms with Crippen LogP contribution in [-0.2, 0) is 0 Å². The number of benzene rings is 3. The van der Waals surface area contributed by atoms with Gasteiger partial charge in [0.2, 0.25) is 8.32 Å². The predicted octanol–water partition coefficient (Wildman–Crippen LogP) is 8.71. The molecule has 3 aromatic carbocycles. The number of likely N-dealkylation sites (tertiary alicyclic amines) is 1. The molecular formula is C35H45NO4Si. The number of aromatic hydroxyl groups is 1. The monoisotopic (exact) mass is 574 g/mol. The van der Waals surface area contributed by atoms with Crippen LogP contribution in [-0.4, -0.2) is 44.6 Å². The third kappa shape index (κ3) is 6.65. The van der Waals surface area contributed by atoms with Gasteiger partial charge < -0.3 is 19.0 Å². The van der Waals surface area contributed by atoms with Gasteiger partial charge in [0, 0.05) is 27.9 Å². The van der Waals surface area contributed by atoms with E-state index in [9.17, 15) is 5.11 Å². The summed E-state index contributed by atoms with van der Waals surface area (Å²) in [6, 6.07) is 19.8. The Morgan fingerprint density at radius 2 is 1.63 bits per heavy atom. The summed E-state index contributed by atoms with van der Waals surface area (Å²) in [6.45, 7) is 12.3. The summed E-state index contributed by atoms with van der Waals surface area (Å²) in [5, 5.41) is 10.0. The highest BCUT2D eigenvalue weighted by Crippen LogP contribution is 2.48. The average Bonchev–Trinajstić information content (AvgIpc) is 2.96. The lowest BCUT2D eigenvalue weighted by molar-refractivity contribution is 0.183. The minimum atomic E-state index is -2.43. The van der Waals surface area contributed by atoms with Crippen LogP contribution in [0, 0.1) is 0 Å². The predicted molar refractivity (Wildman–Crippen MR) is 170 cm³/mol. The largest absolute Gasteiger partial charge is 0.543 e. The molecule has 0 aliphatic carbocycles. The first kappa shape index (κ1) is 25.5. The van der Waals surface area contributed by atoms with Gasteiger partial charge >= 0.3 is 0 Å². The summed E-state index contributed by atoms with van der Waals surface area (Å²) in [5.41, 5.74) is 2.78. The van der Waals surface area contributed by atoms with Gasteiger partial charge in [0.15, 0.2) is 0 Å². The molecule has 0 aromatic heterocycles. The Balaban J connectivity index is 1.52. The SMILES string of the molecule is [2H]C([2H])([2H])C1=C(c2ccc(O)cc2)[C@H](c2ccc(OCCN3CCCCC3)cc2)Oc2cc(O[Si](C)(C)C(C)(C)C)ccc21. The van der Waals surface area contributed by atoms with E-state index in [2.05, 4.69) is 38.8 Å².